The first kappa shape index (κ1) is 16.5. The SMILES string of the molecule is CCC(CC)CCCc1cccc(C(=O)O)c1N(C)C. The molecule has 0 bridgehead atoms. The molecule has 1 N–H and O–H groups in total. The number of aryl methyl sites for hydroxylation is 1. The van der Waals surface area contributed by atoms with E-state index >= 15 is 0 Å². The molecule has 0 unspecified atom stereocenters. The Kier molecular flexibility index (Phi) is 6.56. The van der Waals surface area contributed by atoms with E-state index in [0.717, 1.165) is 30.0 Å². The number of hydrogen-bond acceptors (Lipinski definition) is 2. The van der Waals surface area contributed by atoms with Crippen LogP contribution in [0.25, 0.3) is 0 Å². The lowest BCUT2D eigenvalue weighted by molar-refractivity contribution is 0.0697. The van der Waals surface area contributed by atoms with E-state index in [4.69, 9.17) is 0 Å². The second-order valence-electron chi connectivity index (χ2n) is 5.59. The Morgan fingerprint density at radius 3 is 2.40 bits per heavy atom. The van der Waals surface area contributed by atoms with E-state index in [2.05, 4.69) is 19.9 Å². The number of carboxylic acids is 1. The van der Waals surface area contributed by atoms with Gasteiger partial charge in [0.2, 0.25) is 0 Å². The van der Waals surface area contributed by atoms with Crippen LogP contribution >= 0.6 is 0 Å². The third-order valence-corrected chi connectivity index (χ3v) is 4.01. The molecule has 0 aliphatic heterocycles. The lowest BCUT2D eigenvalue weighted by atomic mass is 9.94. The molecule has 1 aromatic carbocycles. The first-order chi connectivity index (χ1) is 9.51. The van der Waals surface area contributed by atoms with Crippen LogP contribution in [0.3, 0.4) is 0 Å². The number of hydrogen-bond donors (Lipinski definition) is 1. The van der Waals surface area contributed by atoms with Crippen LogP contribution in [-0.2, 0) is 6.42 Å². The summed E-state index contributed by atoms with van der Waals surface area (Å²) in [4.78, 5) is 13.2. The molecule has 0 heterocycles. The van der Waals surface area contributed by atoms with Crippen LogP contribution in [0.5, 0.6) is 0 Å². The van der Waals surface area contributed by atoms with Crippen molar-refractivity contribution < 1.29 is 9.90 Å². The monoisotopic (exact) mass is 277 g/mol. The third-order valence-electron chi connectivity index (χ3n) is 4.01. The van der Waals surface area contributed by atoms with Gasteiger partial charge in [0.1, 0.15) is 0 Å². The number of rotatable bonds is 8. The Balaban J connectivity index is 2.84. The normalized spacial score (nSPS) is 10.8. The summed E-state index contributed by atoms with van der Waals surface area (Å²) >= 11 is 0. The number of aromatic carboxylic acids is 1. The highest BCUT2D eigenvalue weighted by molar-refractivity contribution is 5.95. The van der Waals surface area contributed by atoms with E-state index in [-0.39, 0.29) is 0 Å². The standard InChI is InChI=1S/C17H27NO2/c1-5-13(6-2)9-7-10-14-11-8-12-15(17(19)20)16(14)18(3)4/h8,11-13H,5-7,9-10H2,1-4H3,(H,19,20). The van der Waals surface area contributed by atoms with Crippen LogP contribution < -0.4 is 4.90 Å². The van der Waals surface area contributed by atoms with Gasteiger partial charge in [0.25, 0.3) is 0 Å². The molecule has 0 aromatic heterocycles. The molecular formula is C17H27NO2. The molecule has 1 aromatic rings. The molecule has 0 aliphatic rings. The largest absolute Gasteiger partial charge is 0.478 e. The zero-order valence-corrected chi connectivity index (χ0v) is 13.1. The van der Waals surface area contributed by atoms with Crippen molar-refractivity contribution in [2.75, 3.05) is 19.0 Å². The minimum atomic E-state index is -0.851. The summed E-state index contributed by atoms with van der Waals surface area (Å²) < 4.78 is 0. The van der Waals surface area contributed by atoms with Gasteiger partial charge in [0.05, 0.1) is 11.3 Å². The average molecular weight is 277 g/mol. The number of benzene rings is 1. The molecule has 0 atom stereocenters. The predicted molar refractivity (Wildman–Crippen MR) is 84.7 cm³/mol. The maximum Gasteiger partial charge on any atom is 0.337 e. The number of nitrogens with zero attached hydrogens (tertiary/aromatic N) is 1. The summed E-state index contributed by atoms with van der Waals surface area (Å²) in [6.07, 6.45) is 5.75. The highest BCUT2D eigenvalue weighted by atomic mass is 16.4. The maximum absolute atomic E-state index is 11.3. The highest BCUT2D eigenvalue weighted by Crippen LogP contribution is 2.26. The summed E-state index contributed by atoms with van der Waals surface area (Å²) in [7, 11) is 3.82. The zero-order chi connectivity index (χ0) is 15.1. The summed E-state index contributed by atoms with van der Waals surface area (Å²) in [5.74, 6) is -0.0593. The van der Waals surface area contributed by atoms with Gasteiger partial charge in [-0.1, -0.05) is 45.2 Å². The molecule has 1 rings (SSSR count). The van der Waals surface area contributed by atoms with Crippen LogP contribution in [0.4, 0.5) is 5.69 Å². The van der Waals surface area contributed by atoms with E-state index in [1.807, 2.05) is 25.1 Å². The molecule has 112 valence electrons. The number of carboxylic acid groups (broad SMARTS) is 1. The summed E-state index contributed by atoms with van der Waals surface area (Å²) in [6, 6.07) is 5.58. The minimum absolute atomic E-state index is 0.398. The van der Waals surface area contributed by atoms with E-state index in [0.29, 0.717) is 5.56 Å². The summed E-state index contributed by atoms with van der Waals surface area (Å²) in [6.45, 7) is 4.48. The molecule has 0 aliphatic carbocycles. The summed E-state index contributed by atoms with van der Waals surface area (Å²) in [5, 5.41) is 9.30. The van der Waals surface area contributed by atoms with Gasteiger partial charge in [-0.05, 0) is 30.4 Å². The fourth-order valence-electron chi connectivity index (χ4n) is 2.77. The Morgan fingerprint density at radius 1 is 1.25 bits per heavy atom. The fraction of sp³-hybridized carbons (Fsp3) is 0.588. The Hall–Kier alpha value is -1.51. The second kappa shape index (κ2) is 7.93. The number of anilines is 1. The molecule has 0 saturated carbocycles. The van der Waals surface area contributed by atoms with Crippen LogP contribution in [0, 0.1) is 5.92 Å². The van der Waals surface area contributed by atoms with Crippen molar-refractivity contribution in [2.45, 2.75) is 46.0 Å². The van der Waals surface area contributed by atoms with Crippen LogP contribution in [0.15, 0.2) is 18.2 Å². The van der Waals surface area contributed by atoms with Gasteiger partial charge in [0, 0.05) is 14.1 Å². The van der Waals surface area contributed by atoms with Gasteiger partial charge >= 0.3 is 5.97 Å². The van der Waals surface area contributed by atoms with Crippen LogP contribution in [0.1, 0.15) is 55.5 Å². The molecule has 3 heteroatoms. The average Bonchev–Trinajstić information content (AvgIpc) is 2.43. The highest BCUT2D eigenvalue weighted by Gasteiger charge is 2.15. The van der Waals surface area contributed by atoms with Crippen molar-refractivity contribution in [1.82, 2.24) is 0 Å². The van der Waals surface area contributed by atoms with Gasteiger partial charge in [0.15, 0.2) is 0 Å². The Labute approximate surface area is 122 Å². The van der Waals surface area contributed by atoms with Gasteiger partial charge in [-0.15, -0.1) is 0 Å². The number of carbonyl (C=O) groups is 1. The maximum atomic E-state index is 11.3. The second-order valence-corrected chi connectivity index (χ2v) is 5.59. The van der Waals surface area contributed by atoms with Gasteiger partial charge < -0.3 is 10.0 Å². The molecular weight excluding hydrogens is 250 g/mol. The van der Waals surface area contributed by atoms with E-state index in [1.165, 1.54) is 19.3 Å². The smallest absolute Gasteiger partial charge is 0.337 e. The summed E-state index contributed by atoms with van der Waals surface area (Å²) in [5.41, 5.74) is 2.39. The molecule has 0 amide bonds. The Bertz CT molecular complexity index is 437. The fourth-order valence-corrected chi connectivity index (χ4v) is 2.77. The van der Waals surface area contributed by atoms with Crippen molar-refractivity contribution in [2.24, 2.45) is 5.92 Å². The molecule has 0 fully saturated rings. The van der Waals surface area contributed by atoms with Crippen molar-refractivity contribution in [3.8, 4) is 0 Å². The molecule has 0 spiro atoms. The molecule has 3 nitrogen and oxygen atoms in total. The lowest BCUT2D eigenvalue weighted by Crippen LogP contribution is -2.16. The van der Waals surface area contributed by atoms with Crippen LogP contribution in [-0.4, -0.2) is 25.2 Å². The molecule has 20 heavy (non-hydrogen) atoms. The third kappa shape index (κ3) is 4.26. The van der Waals surface area contributed by atoms with Crippen molar-refractivity contribution in [3.05, 3.63) is 29.3 Å². The van der Waals surface area contributed by atoms with Crippen molar-refractivity contribution in [3.63, 3.8) is 0 Å². The quantitative estimate of drug-likeness (QED) is 0.773. The first-order valence-corrected chi connectivity index (χ1v) is 7.53. The van der Waals surface area contributed by atoms with E-state index < -0.39 is 5.97 Å². The van der Waals surface area contributed by atoms with E-state index in [9.17, 15) is 9.90 Å². The molecule has 0 radical (unpaired) electrons. The lowest BCUT2D eigenvalue weighted by Gasteiger charge is -2.20. The minimum Gasteiger partial charge on any atom is -0.478 e. The van der Waals surface area contributed by atoms with E-state index in [1.54, 1.807) is 6.07 Å². The van der Waals surface area contributed by atoms with Crippen molar-refractivity contribution >= 4 is 11.7 Å². The topological polar surface area (TPSA) is 40.5 Å². The van der Waals surface area contributed by atoms with Crippen LogP contribution in [0.2, 0.25) is 0 Å². The predicted octanol–water partition coefficient (Wildman–Crippen LogP) is 4.21. The Morgan fingerprint density at radius 2 is 1.90 bits per heavy atom. The van der Waals surface area contributed by atoms with Gasteiger partial charge in [-0.2, -0.15) is 0 Å². The van der Waals surface area contributed by atoms with Crippen molar-refractivity contribution in [1.29, 1.82) is 0 Å². The van der Waals surface area contributed by atoms with Gasteiger partial charge in [-0.25, -0.2) is 4.79 Å². The zero-order valence-electron chi connectivity index (χ0n) is 13.1. The first-order valence-electron chi connectivity index (χ1n) is 7.53. The van der Waals surface area contributed by atoms with Gasteiger partial charge in [-0.3, -0.25) is 0 Å². The number of para-hydroxylation sites is 1. The molecule has 0 saturated heterocycles.